The Labute approximate surface area is 134 Å². The van der Waals surface area contributed by atoms with Gasteiger partial charge in [0.1, 0.15) is 11.8 Å². The monoisotopic (exact) mass is 316 g/mol. The fraction of sp³-hybridized carbons (Fsp3) is 0.294. The number of ether oxygens (including phenoxy) is 1. The highest BCUT2D eigenvalue weighted by atomic mass is 35.5. The molecular formula is C17H17ClN2O2. The molecule has 1 aliphatic rings. The molecule has 0 bridgehead atoms. The molecule has 114 valence electrons. The van der Waals surface area contributed by atoms with Crippen molar-refractivity contribution in [2.45, 2.75) is 25.5 Å². The van der Waals surface area contributed by atoms with Gasteiger partial charge in [-0.3, -0.25) is 0 Å². The van der Waals surface area contributed by atoms with Gasteiger partial charge in [-0.05, 0) is 24.5 Å². The predicted molar refractivity (Wildman–Crippen MR) is 84.6 cm³/mol. The van der Waals surface area contributed by atoms with Gasteiger partial charge in [0.15, 0.2) is 0 Å². The zero-order chi connectivity index (χ0) is 15.4. The highest BCUT2D eigenvalue weighted by molar-refractivity contribution is 6.30. The van der Waals surface area contributed by atoms with Crippen LogP contribution in [0.25, 0.3) is 0 Å². The van der Waals surface area contributed by atoms with E-state index in [0.29, 0.717) is 11.7 Å². The molecule has 5 heteroatoms. The Kier molecular flexibility index (Phi) is 4.59. The number of carbonyl (C=O) groups is 1. The van der Waals surface area contributed by atoms with Crippen molar-refractivity contribution in [3.05, 3.63) is 64.9 Å². The molecule has 1 amide bonds. The molecule has 0 unspecified atom stereocenters. The minimum atomic E-state index is -0.300. The number of hydrogen-bond acceptors (Lipinski definition) is 3. The van der Waals surface area contributed by atoms with Crippen molar-refractivity contribution in [2.24, 2.45) is 0 Å². The summed E-state index contributed by atoms with van der Waals surface area (Å²) in [6, 6.07) is 13.4. The summed E-state index contributed by atoms with van der Waals surface area (Å²) in [7, 11) is 0. The lowest BCUT2D eigenvalue weighted by molar-refractivity contribution is 0.0920. The number of benzene rings is 1. The van der Waals surface area contributed by atoms with Crippen LogP contribution in [0.5, 0.6) is 0 Å². The summed E-state index contributed by atoms with van der Waals surface area (Å²) in [5.41, 5.74) is 1.87. The van der Waals surface area contributed by atoms with E-state index in [1.807, 2.05) is 42.5 Å². The number of halogens is 1. The van der Waals surface area contributed by atoms with E-state index in [2.05, 4.69) is 4.98 Å². The summed E-state index contributed by atoms with van der Waals surface area (Å²) in [5.74, 6) is 0. The molecule has 4 nitrogen and oxygen atoms in total. The Hall–Kier alpha value is -2.07. The van der Waals surface area contributed by atoms with Crippen LogP contribution in [0.3, 0.4) is 0 Å². The molecule has 1 aliphatic heterocycles. The summed E-state index contributed by atoms with van der Waals surface area (Å²) >= 11 is 6.16. The number of hydrogen-bond donors (Lipinski definition) is 0. The first-order valence-corrected chi connectivity index (χ1v) is 7.71. The third-order valence-corrected chi connectivity index (χ3v) is 4.16. The average molecular weight is 317 g/mol. The number of nitrogens with zero attached hydrogens (tertiary/aromatic N) is 2. The molecule has 22 heavy (non-hydrogen) atoms. The zero-order valence-electron chi connectivity index (χ0n) is 12.1. The fourth-order valence-electron chi connectivity index (χ4n) is 2.76. The van der Waals surface area contributed by atoms with E-state index in [-0.39, 0.29) is 18.7 Å². The lowest BCUT2D eigenvalue weighted by Crippen LogP contribution is -2.31. The smallest absolute Gasteiger partial charge is 0.410 e. The van der Waals surface area contributed by atoms with Crippen LogP contribution in [0.4, 0.5) is 4.79 Å². The molecule has 1 saturated heterocycles. The van der Waals surface area contributed by atoms with Crippen LogP contribution in [-0.4, -0.2) is 22.5 Å². The maximum Gasteiger partial charge on any atom is 0.410 e. The second-order valence-electron chi connectivity index (χ2n) is 5.28. The van der Waals surface area contributed by atoms with Gasteiger partial charge < -0.3 is 9.64 Å². The molecule has 2 heterocycles. The highest BCUT2D eigenvalue weighted by Gasteiger charge is 2.32. The van der Waals surface area contributed by atoms with Crippen molar-refractivity contribution in [3.63, 3.8) is 0 Å². The van der Waals surface area contributed by atoms with Crippen LogP contribution in [0.15, 0.2) is 48.7 Å². The van der Waals surface area contributed by atoms with Crippen molar-refractivity contribution in [2.75, 3.05) is 6.54 Å². The summed E-state index contributed by atoms with van der Waals surface area (Å²) in [5, 5.41) is 0.454. The van der Waals surface area contributed by atoms with E-state index in [9.17, 15) is 4.79 Å². The van der Waals surface area contributed by atoms with Crippen LogP contribution in [0.1, 0.15) is 30.0 Å². The third kappa shape index (κ3) is 3.22. The molecule has 3 rings (SSSR count). The van der Waals surface area contributed by atoms with Crippen molar-refractivity contribution in [1.82, 2.24) is 9.88 Å². The second kappa shape index (κ2) is 6.79. The number of carbonyl (C=O) groups excluding carboxylic acids is 1. The number of pyridine rings is 1. The van der Waals surface area contributed by atoms with Gasteiger partial charge in [0.2, 0.25) is 0 Å². The quantitative estimate of drug-likeness (QED) is 0.797. The van der Waals surface area contributed by atoms with Crippen molar-refractivity contribution in [3.8, 4) is 0 Å². The van der Waals surface area contributed by atoms with Crippen molar-refractivity contribution in [1.29, 1.82) is 0 Å². The minimum absolute atomic E-state index is 0.0514. The topological polar surface area (TPSA) is 42.4 Å². The maximum atomic E-state index is 12.4. The zero-order valence-corrected chi connectivity index (χ0v) is 12.9. The lowest BCUT2D eigenvalue weighted by Gasteiger charge is -2.24. The van der Waals surface area contributed by atoms with Crippen LogP contribution >= 0.6 is 11.6 Å². The van der Waals surface area contributed by atoms with E-state index in [1.54, 1.807) is 11.1 Å². The standard InChI is InChI=1S/C17H17ClN2O2/c18-16-14(8-4-10-19-16)15-9-5-11-20(15)17(21)22-12-13-6-2-1-3-7-13/h1-4,6-8,10,15H,5,9,11-12H2/t15-/m1/s1. The number of amides is 1. The molecule has 1 fully saturated rings. The van der Waals surface area contributed by atoms with E-state index in [1.165, 1.54) is 0 Å². The first kappa shape index (κ1) is 14.9. The molecule has 1 aromatic heterocycles. The molecule has 1 atom stereocenters. The Morgan fingerprint density at radius 3 is 2.86 bits per heavy atom. The first-order chi connectivity index (χ1) is 10.8. The molecule has 0 radical (unpaired) electrons. The maximum absolute atomic E-state index is 12.4. The number of aromatic nitrogens is 1. The summed E-state index contributed by atoms with van der Waals surface area (Å²) in [4.78, 5) is 18.2. The summed E-state index contributed by atoms with van der Waals surface area (Å²) < 4.78 is 5.43. The molecule has 2 aromatic rings. The first-order valence-electron chi connectivity index (χ1n) is 7.33. The largest absolute Gasteiger partial charge is 0.445 e. The predicted octanol–water partition coefficient (Wildman–Crippen LogP) is 4.21. The number of rotatable bonds is 3. The van der Waals surface area contributed by atoms with Gasteiger partial charge >= 0.3 is 6.09 Å². The van der Waals surface area contributed by atoms with Crippen LogP contribution in [0, 0.1) is 0 Å². The number of likely N-dealkylation sites (tertiary alicyclic amines) is 1. The van der Waals surface area contributed by atoms with E-state index >= 15 is 0 Å². The van der Waals surface area contributed by atoms with Crippen molar-refractivity contribution >= 4 is 17.7 Å². The lowest BCUT2D eigenvalue weighted by atomic mass is 10.1. The molecule has 0 N–H and O–H groups in total. The van der Waals surface area contributed by atoms with Gasteiger partial charge in [-0.15, -0.1) is 0 Å². The fourth-order valence-corrected chi connectivity index (χ4v) is 3.00. The Morgan fingerprint density at radius 2 is 2.09 bits per heavy atom. The molecule has 0 saturated carbocycles. The average Bonchev–Trinajstić information content (AvgIpc) is 3.03. The van der Waals surface area contributed by atoms with E-state index < -0.39 is 0 Å². The SMILES string of the molecule is O=C(OCc1ccccc1)N1CCC[C@@H]1c1cccnc1Cl. The van der Waals surface area contributed by atoms with Gasteiger partial charge in [-0.2, -0.15) is 0 Å². The molecule has 0 aliphatic carbocycles. The molecule has 0 spiro atoms. The van der Waals surface area contributed by atoms with Gasteiger partial charge in [0, 0.05) is 18.3 Å². The Bertz CT molecular complexity index is 648. The van der Waals surface area contributed by atoms with E-state index in [0.717, 1.165) is 24.0 Å². The van der Waals surface area contributed by atoms with Gasteiger partial charge in [-0.25, -0.2) is 9.78 Å². The normalized spacial score (nSPS) is 17.5. The van der Waals surface area contributed by atoms with Crippen LogP contribution in [0.2, 0.25) is 5.15 Å². The Morgan fingerprint density at radius 1 is 1.27 bits per heavy atom. The van der Waals surface area contributed by atoms with Gasteiger partial charge in [0.05, 0.1) is 6.04 Å². The highest BCUT2D eigenvalue weighted by Crippen LogP contribution is 2.35. The van der Waals surface area contributed by atoms with Crippen molar-refractivity contribution < 1.29 is 9.53 Å². The van der Waals surface area contributed by atoms with Gasteiger partial charge in [0.25, 0.3) is 0 Å². The molecular weight excluding hydrogens is 300 g/mol. The molecule has 1 aromatic carbocycles. The van der Waals surface area contributed by atoms with Gasteiger partial charge in [-0.1, -0.05) is 48.0 Å². The second-order valence-corrected chi connectivity index (χ2v) is 5.63. The summed E-state index contributed by atoms with van der Waals surface area (Å²) in [6.07, 6.45) is 3.17. The van der Waals surface area contributed by atoms with E-state index in [4.69, 9.17) is 16.3 Å². The third-order valence-electron chi connectivity index (χ3n) is 3.84. The Balaban J connectivity index is 1.68. The minimum Gasteiger partial charge on any atom is -0.445 e. The van der Waals surface area contributed by atoms with Crippen LogP contribution in [-0.2, 0) is 11.3 Å². The van der Waals surface area contributed by atoms with Crippen LogP contribution < -0.4 is 0 Å². The summed E-state index contributed by atoms with van der Waals surface area (Å²) in [6.45, 7) is 0.965.